The van der Waals surface area contributed by atoms with Crippen molar-refractivity contribution in [2.45, 2.75) is 19.3 Å². The van der Waals surface area contributed by atoms with Crippen molar-refractivity contribution in [1.29, 1.82) is 0 Å². The molecular weight excluding hydrogens is 160 g/mol. The van der Waals surface area contributed by atoms with E-state index in [9.17, 15) is 0 Å². The molecule has 0 saturated carbocycles. The van der Waals surface area contributed by atoms with Crippen LogP contribution in [0, 0.1) is 0 Å². The summed E-state index contributed by atoms with van der Waals surface area (Å²) in [7, 11) is 1.94. The molecule has 0 aliphatic heterocycles. The highest BCUT2D eigenvalue weighted by Crippen LogP contribution is 2.17. The van der Waals surface area contributed by atoms with E-state index < -0.39 is 0 Å². The zero-order chi connectivity index (χ0) is 8.10. The molecule has 0 radical (unpaired) electrons. The van der Waals surface area contributed by atoms with Gasteiger partial charge in [-0.2, -0.15) is 0 Å². The van der Waals surface area contributed by atoms with Crippen LogP contribution in [0.4, 0.5) is 0 Å². The fraction of sp³-hybridized carbons (Fsp3) is 0.833. The maximum absolute atomic E-state index is 3.92. The second-order valence-corrected chi connectivity index (χ2v) is 3.13. The van der Waals surface area contributed by atoms with Gasteiger partial charge in [0.1, 0.15) is 5.01 Å². The molecule has 0 fully saturated rings. The largest absolute Gasteiger partial charge is 0.319 e. The number of hydrogen-bond donors (Lipinski definition) is 1. The van der Waals surface area contributed by atoms with Crippen molar-refractivity contribution >= 4 is 11.5 Å². The molecule has 0 aromatic carbocycles. The number of rotatable bonds is 4. The summed E-state index contributed by atoms with van der Waals surface area (Å²) in [6, 6.07) is 0. The maximum atomic E-state index is 3.92. The van der Waals surface area contributed by atoms with Crippen LogP contribution in [0.2, 0.25) is 0 Å². The number of hydrogen-bond acceptors (Lipinski definition) is 5. The molecule has 5 heteroatoms. The van der Waals surface area contributed by atoms with Gasteiger partial charge in [0.05, 0.1) is 0 Å². The Hall–Kier alpha value is -0.550. The van der Waals surface area contributed by atoms with Gasteiger partial charge < -0.3 is 5.32 Å². The highest BCUT2D eigenvalue weighted by atomic mass is 32.1. The van der Waals surface area contributed by atoms with Crippen LogP contribution < -0.4 is 5.32 Å². The third kappa shape index (κ3) is 2.20. The normalized spacial score (nSPS) is 13.3. The predicted molar refractivity (Wildman–Crippen MR) is 44.7 cm³/mol. The molecule has 11 heavy (non-hydrogen) atoms. The molecule has 0 amide bonds. The molecule has 62 valence electrons. The van der Waals surface area contributed by atoms with Crippen LogP contribution in [-0.2, 0) is 0 Å². The molecule has 0 aliphatic carbocycles. The summed E-state index contributed by atoms with van der Waals surface area (Å²) in [6.07, 6.45) is 1.08. The van der Waals surface area contributed by atoms with Crippen molar-refractivity contribution in [3.05, 3.63) is 5.01 Å². The highest BCUT2D eigenvalue weighted by molar-refractivity contribution is 7.05. The monoisotopic (exact) mass is 172 g/mol. The Labute approximate surface area is 70.2 Å². The van der Waals surface area contributed by atoms with Gasteiger partial charge in [0.2, 0.25) is 0 Å². The lowest BCUT2D eigenvalue weighted by Gasteiger charge is -2.08. The number of likely N-dealkylation sites (N-methyl/N-ethyl adjacent to an activating group) is 1. The van der Waals surface area contributed by atoms with Gasteiger partial charge in [0.25, 0.3) is 0 Å². The summed E-state index contributed by atoms with van der Waals surface area (Å²) < 4.78 is 3.73. The van der Waals surface area contributed by atoms with E-state index in [2.05, 4.69) is 27.0 Å². The Kier molecular flexibility index (Phi) is 3.38. The number of nitrogens with zero attached hydrogens (tertiary/aromatic N) is 3. The van der Waals surface area contributed by atoms with E-state index in [0.29, 0.717) is 5.92 Å². The van der Waals surface area contributed by atoms with Crippen LogP contribution in [0.3, 0.4) is 0 Å². The lowest BCUT2D eigenvalue weighted by molar-refractivity contribution is 0.602. The topological polar surface area (TPSA) is 50.7 Å². The third-order valence-electron chi connectivity index (χ3n) is 1.61. The van der Waals surface area contributed by atoms with E-state index in [4.69, 9.17) is 0 Å². The van der Waals surface area contributed by atoms with Gasteiger partial charge in [-0.1, -0.05) is 11.4 Å². The fourth-order valence-corrected chi connectivity index (χ4v) is 1.58. The minimum absolute atomic E-state index is 0.472. The summed E-state index contributed by atoms with van der Waals surface area (Å²) in [5.74, 6) is 0.472. The van der Waals surface area contributed by atoms with Crippen LogP contribution in [0.1, 0.15) is 24.3 Å². The van der Waals surface area contributed by atoms with Crippen molar-refractivity contribution < 1.29 is 0 Å². The number of nitrogens with one attached hydrogen (secondary N) is 1. The Bertz CT molecular complexity index is 186. The van der Waals surface area contributed by atoms with Gasteiger partial charge in [-0.05, 0) is 18.7 Å². The van der Waals surface area contributed by atoms with Gasteiger partial charge in [0.15, 0.2) is 0 Å². The van der Waals surface area contributed by atoms with Crippen LogP contribution in [0.15, 0.2) is 0 Å². The Morgan fingerprint density at radius 1 is 1.64 bits per heavy atom. The van der Waals surface area contributed by atoms with E-state index in [-0.39, 0.29) is 0 Å². The summed E-state index contributed by atoms with van der Waals surface area (Å²) in [6.45, 7) is 3.09. The SMILES string of the molecule is CCC(CNC)c1nnns1. The van der Waals surface area contributed by atoms with Gasteiger partial charge in [-0.3, -0.25) is 0 Å². The first kappa shape index (κ1) is 8.55. The van der Waals surface area contributed by atoms with Crippen molar-refractivity contribution in [3.8, 4) is 0 Å². The summed E-state index contributed by atoms with van der Waals surface area (Å²) in [5.41, 5.74) is 0. The van der Waals surface area contributed by atoms with Gasteiger partial charge in [-0.25, -0.2) is 0 Å². The van der Waals surface area contributed by atoms with E-state index in [1.165, 1.54) is 11.5 Å². The Balaban J connectivity index is 2.56. The standard InChI is InChI=1S/C6H12N4S/c1-3-5(4-7-2)6-8-9-10-11-6/h5,7H,3-4H2,1-2H3. The van der Waals surface area contributed by atoms with Crippen molar-refractivity contribution in [2.75, 3.05) is 13.6 Å². The zero-order valence-corrected chi connectivity index (χ0v) is 7.56. The molecule has 1 aromatic rings. The quantitative estimate of drug-likeness (QED) is 0.724. The van der Waals surface area contributed by atoms with E-state index >= 15 is 0 Å². The van der Waals surface area contributed by atoms with Crippen LogP contribution in [0.5, 0.6) is 0 Å². The molecule has 0 spiro atoms. The lowest BCUT2D eigenvalue weighted by atomic mass is 10.1. The first-order valence-corrected chi connectivity index (χ1v) is 4.45. The average molecular weight is 172 g/mol. The van der Waals surface area contributed by atoms with Crippen molar-refractivity contribution in [3.63, 3.8) is 0 Å². The first-order valence-electron chi connectivity index (χ1n) is 3.68. The van der Waals surface area contributed by atoms with Crippen molar-refractivity contribution in [1.82, 2.24) is 20.1 Å². The summed E-state index contributed by atoms with van der Waals surface area (Å²) in [5, 5.41) is 11.6. The van der Waals surface area contributed by atoms with E-state index in [1.807, 2.05) is 7.05 Å². The molecule has 1 heterocycles. The minimum atomic E-state index is 0.472. The number of aromatic nitrogens is 3. The average Bonchev–Trinajstić information content (AvgIpc) is 2.52. The zero-order valence-electron chi connectivity index (χ0n) is 6.74. The van der Waals surface area contributed by atoms with Gasteiger partial charge in [-0.15, -0.1) is 5.10 Å². The molecule has 1 rings (SSSR count). The minimum Gasteiger partial charge on any atom is -0.319 e. The fourth-order valence-electron chi connectivity index (χ4n) is 0.950. The predicted octanol–water partition coefficient (Wildman–Crippen LogP) is 0.646. The molecule has 4 nitrogen and oxygen atoms in total. The van der Waals surface area contributed by atoms with Gasteiger partial charge >= 0.3 is 0 Å². The summed E-state index contributed by atoms with van der Waals surface area (Å²) >= 11 is 1.38. The Morgan fingerprint density at radius 3 is 2.91 bits per heavy atom. The second kappa shape index (κ2) is 4.35. The molecule has 1 aromatic heterocycles. The molecule has 1 unspecified atom stereocenters. The molecule has 0 aliphatic rings. The molecule has 0 bridgehead atoms. The summed E-state index contributed by atoms with van der Waals surface area (Å²) in [4.78, 5) is 0. The van der Waals surface area contributed by atoms with Crippen LogP contribution in [-0.4, -0.2) is 28.4 Å². The van der Waals surface area contributed by atoms with Crippen LogP contribution in [0.25, 0.3) is 0 Å². The molecule has 0 saturated heterocycles. The molecule has 1 atom stereocenters. The van der Waals surface area contributed by atoms with Crippen LogP contribution >= 0.6 is 11.5 Å². The smallest absolute Gasteiger partial charge is 0.142 e. The first-order chi connectivity index (χ1) is 5.38. The van der Waals surface area contributed by atoms with E-state index in [1.54, 1.807) is 0 Å². The second-order valence-electron chi connectivity index (χ2n) is 2.36. The lowest BCUT2D eigenvalue weighted by Crippen LogP contribution is -2.16. The van der Waals surface area contributed by atoms with Crippen molar-refractivity contribution in [2.24, 2.45) is 0 Å². The highest BCUT2D eigenvalue weighted by Gasteiger charge is 2.11. The third-order valence-corrected chi connectivity index (χ3v) is 2.36. The molecular formula is C6H12N4S. The Morgan fingerprint density at radius 2 is 2.45 bits per heavy atom. The van der Waals surface area contributed by atoms with Gasteiger partial charge in [0, 0.05) is 24.0 Å². The van der Waals surface area contributed by atoms with E-state index in [0.717, 1.165) is 18.0 Å². The maximum Gasteiger partial charge on any atom is 0.142 e. The molecule has 1 N–H and O–H groups in total.